The van der Waals surface area contributed by atoms with Crippen molar-refractivity contribution in [3.05, 3.63) is 65.2 Å². The van der Waals surface area contributed by atoms with Crippen molar-refractivity contribution in [2.45, 2.75) is 30.2 Å². The van der Waals surface area contributed by atoms with Crippen molar-refractivity contribution < 1.29 is 0 Å². The average molecular weight is 284 g/mol. The maximum Gasteiger partial charge on any atom is 0.0328 e. The van der Waals surface area contributed by atoms with Crippen LogP contribution in [-0.2, 0) is 6.42 Å². The number of hydrogen-bond donors (Lipinski definition) is 2. The summed E-state index contributed by atoms with van der Waals surface area (Å²) < 4.78 is 0. The Kier molecular flexibility index (Phi) is 4.10. The number of thioether (sulfide) groups is 1. The van der Waals surface area contributed by atoms with E-state index in [0.717, 1.165) is 12.2 Å². The van der Waals surface area contributed by atoms with Gasteiger partial charge in [-0.15, -0.1) is 11.8 Å². The molecule has 0 saturated heterocycles. The van der Waals surface area contributed by atoms with Gasteiger partial charge in [0.05, 0.1) is 0 Å². The predicted octanol–water partition coefficient (Wildman–Crippen LogP) is 3.26. The molecular weight excluding hydrogens is 264 g/mol. The van der Waals surface area contributed by atoms with E-state index in [1.54, 1.807) is 0 Å². The Bertz CT molecular complexity index is 597. The standard InChI is InChI=1S/C17H20N2S/c1-12-6-2-3-7-13(12)10-16(19-18)15-11-20-17-9-5-4-8-14(15)17/h2-9,15-16,19H,10-11,18H2,1H3. The maximum absolute atomic E-state index is 5.85. The van der Waals surface area contributed by atoms with Crippen LogP contribution in [0.2, 0.25) is 0 Å². The SMILES string of the molecule is Cc1ccccc1CC(NN)C1CSc2ccccc21. The Hall–Kier alpha value is -1.29. The Morgan fingerprint density at radius 1 is 1.20 bits per heavy atom. The zero-order valence-corrected chi connectivity index (χ0v) is 12.5. The van der Waals surface area contributed by atoms with Crippen LogP contribution in [0.4, 0.5) is 0 Å². The molecule has 2 aromatic rings. The molecule has 0 spiro atoms. The molecule has 20 heavy (non-hydrogen) atoms. The highest BCUT2D eigenvalue weighted by Crippen LogP contribution is 2.41. The Morgan fingerprint density at radius 3 is 2.75 bits per heavy atom. The summed E-state index contributed by atoms with van der Waals surface area (Å²) in [7, 11) is 0. The average Bonchev–Trinajstić information content (AvgIpc) is 2.90. The quantitative estimate of drug-likeness (QED) is 0.668. The molecule has 0 aromatic heterocycles. The van der Waals surface area contributed by atoms with Gasteiger partial charge in [-0.25, -0.2) is 0 Å². The number of nitrogens with two attached hydrogens (primary N) is 1. The number of nitrogens with one attached hydrogen (secondary N) is 1. The molecule has 0 amide bonds. The first-order valence-corrected chi connectivity index (χ1v) is 8.00. The lowest BCUT2D eigenvalue weighted by molar-refractivity contribution is 0.462. The molecule has 2 unspecified atom stereocenters. The molecule has 0 saturated carbocycles. The van der Waals surface area contributed by atoms with Gasteiger partial charge < -0.3 is 0 Å². The van der Waals surface area contributed by atoms with E-state index in [9.17, 15) is 0 Å². The van der Waals surface area contributed by atoms with Crippen LogP contribution in [-0.4, -0.2) is 11.8 Å². The summed E-state index contributed by atoms with van der Waals surface area (Å²) >= 11 is 1.94. The highest BCUT2D eigenvalue weighted by molar-refractivity contribution is 7.99. The van der Waals surface area contributed by atoms with Gasteiger partial charge in [-0.2, -0.15) is 0 Å². The van der Waals surface area contributed by atoms with Gasteiger partial charge in [-0.1, -0.05) is 42.5 Å². The minimum absolute atomic E-state index is 0.284. The third-order valence-corrected chi connectivity index (χ3v) is 5.35. The minimum atomic E-state index is 0.284. The summed E-state index contributed by atoms with van der Waals surface area (Å²) in [5.74, 6) is 7.45. The van der Waals surface area contributed by atoms with E-state index in [4.69, 9.17) is 5.84 Å². The summed E-state index contributed by atoms with van der Waals surface area (Å²) in [5, 5.41) is 0. The van der Waals surface area contributed by atoms with Crippen LogP contribution in [0.15, 0.2) is 53.4 Å². The molecule has 3 N–H and O–H groups in total. The molecule has 1 heterocycles. The van der Waals surface area contributed by atoms with Crippen molar-refractivity contribution in [2.75, 3.05) is 5.75 Å². The van der Waals surface area contributed by atoms with Crippen molar-refractivity contribution in [2.24, 2.45) is 5.84 Å². The van der Waals surface area contributed by atoms with E-state index in [0.29, 0.717) is 5.92 Å². The van der Waals surface area contributed by atoms with Crippen LogP contribution in [0.3, 0.4) is 0 Å². The number of benzene rings is 2. The van der Waals surface area contributed by atoms with Crippen molar-refractivity contribution in [1.29, 1.82) is 0 Å². The van der Waals surface area contributed by atoms with Crippen LogP contribution in [0.25, 0.3) is 0 Å². The molecule has 0 radical (unpaired) electrons. The number of hydrogen-bond acceptors (Lipinski definition) is 3. The van der Waals surface area contributed by atoms with E-state index in [1.165, 1.54) is 21.6 Å². The highest BCUT2D eigenvalue weighted by Gasteiger charge is 2.29. The summed E-state index contributed by atoms with van der Waals surface area (Å²) in [6, 6.07) is 17.5. The first-order chi connectivity index (χ1) is 9.79. The summed E-state index contributed by atoms with van der Waals surface area (Å²) in [5.41, 5.74) is 7.21. The molecule has 0 aliphatic carbocycles. The lowest BCUT2D eigenvalue weighted by Crippen LogP contribution is -2.41. The Labute approximate surface area is 124 Å². The first kappa shape index (κ1) is 13.7. The number of hydrazine groups is 1. The second kappa shape index (κ2) is 6.00. The molecule has 2 nitrogen and oxygen atoms in total. The van der Waals surface area contributed by atoms with Crippen molar-refractivity contribution in [3.8, 4) is 0 Å². The van der Waals surface area contributed by atoms with Gasteiger partial charge in [0.2, 0.25) is 0 Å². The lowest BCUT2D eigenvalue weighted by atomic mass is 9.88. The van der Waals surface area contributed by atoms with Crippen molar-refractivity contribution in [1.82, 2.24) is 5.43 Å². The molecular formula is C17H20N2S. The fourth-order valence-corrected chi connectivity index (χ4v) is 4.25. The van der Waals surface area contributed by atoms with Gasteiger partial charge in [0.15, 0.2) is 0 Å². The first-order valence-electron chi connectivity index (χ1n) is 7.02. The third-order valence-electron chi connectivity index (χ3n) is 4.14. The lowest BCUT2D eigenvalue weighted by Gasteiger charge is -2.24. The number of aryl methyl sites for hydroxylation is 1. The minimum Gasteiger partial charge on any atom is -0.271 e. The molecule has 1 aliphatic heterocycles. The van der Waals surface area contributed by atoms with Crippen LogP contribution in [0, 0.1) is 6.92 Å². The zero-order chi connectivity index (χ0) is 13.9. The molecule has 2 atom stereocenters. The van der Waals surface area contributed by atoms with Crippen LogP contribution in [0.1, 0.15) is 22.6 Å². The molecule has 3 rings (SSSR count). The third kappa shape index (κ3) is 2.62. The zero-order valence-electron chi connectivity index (χ0n) is 11.7. The summed E-state index contributed by atoms with van der Waals surface area (Å²) in [4.78, 5) is 1.41. The highest BCUT2D eigenvalue weighted by atomic mass is 32.2. The monoisotopic (exact) mass is 284 g/mol. The molecule has 3 heteroatoms. The molecule has 2 aromatic carbocycles. The van der Waals surface area contributed by atoms with Gasteiger partial charge in [0.1, 0.15) is 0 Å². The molecule has 0 fully saturated rings. The Balaban J connectivity index is 1.83. The van der Waals surface area contributed by atoms with E-state index in [-0.39, 0.29) is 6.04 Å². The number of rotatable bonds is 4. The van der Waals surface area contributed by atoms with E-state index >= 15 is 0 Å². The smallest absolute Gasteiger partial charge is 0.0328 e. The van der Waals surface area contributed by atoms with Crippen LogP contribution in [0.5, 0.6) is 0 Å². The van der Waals surface area contributed by atoms with Gasteiger partial charge >= 0.3 is 0 Å². The summed E-state index contributed by atoms with van der Waals surface area (Å²) in [6.07, 6.45) is 0.975. The normalized spacial score (nSPS) is 18.8. The van der Waals surface area contributed by atoms with Gasteiger partial charge in [-0.05, 0) is 36.1 Å². The predicted molar refractivity (Wildman–Crippen MR) is 85.9 cm³/mol. The fourth-order valence-electron chi connectivity index (χ4n) is 2.91. The fraction of sp³-hybridized carbons (Fsp3) is 0.294. The molecule has 0 bridgehead atoms. The number of fused-ring (bicyclic) bond motifs is 1. The molecule has 1 aliphatic rings. The second-order valence-electron chi connectivity index (χ2n) is 5.36. The van der Waals surface area contributed by atoms with E-state index < -0.39 is 0 Å². The van der Waals surface area contributed by atoms with Gasteiger partial charge in [0, 0.05) is 22.6 Å². The van der Waals surface area contributed by atoms with E-state index in [1.807, 2.05) is 11.8 Å². The Morgan fingerprint density at radius 2 is 1.95 bits per heavy atom. The molecule has 104 valence electrons. The van der Waals surface area contributed by atoms with Crippen LogP contribution < -0.4 is 11.3 Å². The van der Waals surface area contributed by atoms with Gasteiger partial charge in [-0.3, -0.25) is 11.3 Å². The van der Waals surface area contributed by atoms with Crippen molar-refractivity contribution in [3.63, 3.8) is 0 Å². The van der Waals surface area contributed by atoms with Crippen LogP contribution >= 0.6 is 11.8 Å². The second-order valence-corrected chi connectivity index (χ2v) is 6.42. The van der Waals surface area contributed by atoms with Gasteiger partial charge in [0.25, 0.3) is 0 Å². The maximum atomic E-state index is 5.85. The van der Waals surface area contributed by atoms with E-state index in [2.05, 4.69) is 60.9 Å². The topological polar surface area (TPSA) is 38.0 Å². The largest absolute Gasteiger partial charge is 0.271 e. The van der Waals surface area contributed by atoms with Crippen molar-refractivity contribution >= 4 is 11.8 Å². The summed E-state index contributed by atoms with van der Waals surface area (Å²) in [6.45, 7) is 2.17.